The third kappa shape index (κ3) is 3.67. The summed E-state index contributed by atoms with van der Waals surface area (Å²) in [5, 5.41) is 16.4. The summed E-state index contributed by atoms with van der Waals surface area (Å²) in [5.74, 6) is 0.137. The summed E-state index contributed by atoms with van der Waals surface area (Å²) in [6, 6.07) is 6.84. The van der Waals surface area contributed by atoms with Gasteiger partial charge in [-0.1, -0.05) is 34.1 Å². The van der Waals surface area contributed by atoms with Crippen molar-refractivity contribution in [2.45, 2.75) is 41.1 Å². The first-order valence-electron chi connectivity index (χ1n) is 9.38. The molecule has 0 bridgehead atoms. The molecule has 6 atom stereocenters. The Balaban J connectivity index is 1.63. The van der Waals surface area contributed by atoms with Gasteiger partial charge >= 0.3 is 0 Å². The number of hydrogen-bond acceptors (Lipinski definition) is 5. The first-order valence-corrected chi connectivity index (χ1v) is 12.9. The van der Waals surface area contributed by atoms with E-state index in [4.69, 9.17) is 0 Å². The predicted octanol–water partition coefficient (Wildman–Crippen LogP) is 1.96. The van der Waals surface area contributed by atoms with Crippen LogP contribution >= 0.6 is 27.7 Å². The Morgan fingerprint density at radius 2 is 2.00 bits per heavy atom. The highest BCUT2D eigenvalue weighted by Crippen LogP contribution is 2.50. The topological polar surface area (TPSA) is 95.5 Å². The summed E-state index contributed by atoms with van der Waals surface area (Å²) in [4.78, 5) is 12.6. The molecule has 152 valence electrons. The van der Waals surface area contributed by atoms with E-state index < -0.39 is 16.1 Å². The molecule has 9 heteroatoms. The molecule has 6 nitrogen and oxygen atoms in total. The van der Waals surface area contributed by atoms with Gasteiger partial charge in [-0.25, -0.2) is 13.1 Å². The van der Waals surface area contributed by atoms with Crippen molar-refractivity contribution in [2.75, 3.05) is 11.9 Å². The molecule has 3 aliphatic rings. The second-order valence-electron chi connectivity index (χ2n) is 7.48. The molecule has 1 saturated carbocycles. The van der Waals surface area contributed by atoms with Gasteiger partial charge in [0.2, 0.25) is 15.9 Å². The highest BCUT2D eigenvalue weighted by Gasteiger charge is 2.51. The highest BCUT2D eigenvalue weighted by molar-refractivity contribution is 9.09. The minimum atomic E-state index is -3.54. The summed E-state index contributed by atoms with van der Waals surface area (Å²) >= 11 is 4.75. The second kappa shape index (κ2) is 8.10. The zero-order valence-electron chi connectivity index (χ0n) is 15.1. The fourth-order valence-electron chi connectivity index (χ4n) is 4.72. The van der Waals surface area contributed by atoms with Gasteiger partial charge in [-0.05, 0) is 41.9 Å². The fourth-order valence-corrected chi connectivity index (χ4v) is 7.30. The van der Waals surface area contributed by atoms with Gasteiger partial charge in [0.15, 0.2) is 0 Å². The molecule has 1 aliphatic carbocycles. The zero-order valence-corrected chi connectivity index (χ0v) is 18.3. The van der Waals surface area contributed by atoms with Crippen LogP contribution in [0.1, 0.15) is 24.3 Å². The normalized spacial score (nSPS) is 34.6. The predicted molar refractivity (Wildman–Crippen MR) is 113 cm³/mol. The van der Waals surface area contributed by atoms with Crippen molar-refractivity contribution in [1.29, 1.82) is 0 Å². The Kier molecular flexibility index (Phi) is 5.90. The van der Waals surface area contributed by atoms with Gasteiger partial charge in [0.05, 0.1) is 16.2 Å². The number of benzene rings is 1. The number of nitrogens with one attached hydrogen (secondary N) is 2. The quantitative estimate of drug-likeness (QED) is 0.552. The molecule has 1 aromatic carbocycles. The number of carbonyl (C=O) groups excluding carboxylic acids is 1. The Morgan fingerprint density at radius 3 is 2.71 bits per heavy atom. The van der Waals surface area contributed by atoms with E-state index in [0.29, 0.717) is 18.3 Å². The summed E-state index contributed by atoms with van der Waals surface area (Å²) in [6.45, 7) is 0.321. The number of amides is 1. The SMILES string of the molecule is O=C1NC2CCC(O)C(c3ccc(S(=O)(=O)NCCBr)cc3)C2C2C=CSC12. The largest absolute Gasteiger partial charge is 0.392 e. The molecular weight excluding hydrogens is 464 g/mol. The smallest absolute Gasteiger partial charge is 0.240 e. The van der Waals surface area contributed by atoms with Crippen LogP contribution in [0.5, 0.6) is 0 Å². The van der Waals surface area contributed by atoms with Gasteiger partial charge in [-0.3, -0.25) is 4.79 Å². The lowest BCUT2D eigenvalue weighted by molar-refractivity contribution is -0.126. The third-order valence-corrected chi connectivity index (χ3v) is 8.94. The van der Waals surface area contributed by atoms with E-state index in [9.17, 15) is 18.3 Å². The molecule has 1 saturated heterocycles. The van der Waals surface area contributed by atoms with Crippen molar-refractivity contribution < 1.29 is 18.3 Å². The van der Waals surface area contributed by atoms with E-state index in [1.54, 1.807) is 24.3 Å². The summed E-state index contributed by atoms with van der Waals surface area (Å²) < 4.78 is 27.2. The van der Waals surface area contributed by atoms with E-state index in [1.807, 2.05) is 5.41 Å². The number of halogens is 1. The fraction of sp³-hybridized carbons (Fsp3) is 0.526. The Hall–Kier alpha value is -0.870. The monoisotopic (exact) mass is 486 g/mol. The molecule has 6 unspecified atom stereocenters. The number of thioether (sulfide) groups is 1. The number of allylic oxidation sites excluding steroid dienone is 1. The van der Waals surface area contributed by atoms with Crippen molar-refractivity contribution in [3.8, 4) is 0 Å². The van der Waals surface area contributed by atoms with Gasteiger partial charge in [-0.2, -0.15) is 0 Å². The Labute approximate surface area is 177 Å². The summed E-state index contributed by atoms with van der Waals surface area (Å²) in [7, 11) is -3.54. The van der Waals surface area contributed by atoms with Crippen LogP contribution in [0.3, 0.4) is 0 Å². The van der Waals surface area contributed by atoms with Gasteiger partial charge in [0, 0.05) is 29.8 Å². The van der Waals surface area contributed by atoms with Crippen LogP contribution < -0.4 is 10.0 Å². The Morgan fingerprint density at radius 1 is 1.25 bits per heavy atom. The molecule has 2 heterocycles. The zero-order chi connectivity index (χ0) is 19.9. The van der Waals surface area contributed by atoms with Crippen molar-refractivity contribution in [3.05, 3.63) is 41.3 Å². The third-order valence-electron chi connectivity index (χ3n) is 5.94. The lowest BCUT2D eigenvalue weighted by Gasteiger charge is -2.48. The molecule has 28 heavy (non-hydrogen) atoms. The standard InChI is InChI=1S/C19H23BrN2O4S2/c20-8-9-21-28(25,26)12-3-1-11(2-4-12)16-15(23)6-5-14-17(16)13-7-10-27-18(13)19(24)22-14/h1-4,7,10,13-18,21,23H,5-6,8-9H2,(H,22,24). The lowest BCUT2D eigenvalue weighted by Crippen LogP contribution is -2.59. The number of piperidine rings is 1. The summed E-state index contributed by atoms with van der Waals surface area (Å²) in [5.41, 5.74) is 0.918. The van der Waals surface area contributed by atoms with Crippen LogP contribution in [-0.4, -0.2) is 48.7 Å². The molecule has 1 amide bonds. The van der Waals surface area contributed by atoms with Crippen LogP contribution in [0, 0.1) is 11.8 Å². The number of carbonyl (C=O) groups is 1. The highest BCUT2D eigenvalue weighted by atomic mass is 79.9. The van der Waals surface area contributed by atoms with E-state index in [1.165, 1.54) is 11.8 Å². The number of hydrogen-bond donors (Lipinski definition) is 3. The van der Waals surface area contributed by atoms with Crippen LogP contribution in [0.2, 0.25) is 0 Å². The molecule has 0 spiro atoms. The van der Waals surface area contributed by atoms with Crippen LogP contribution in [-0.2, 0) is 14.8 Å². The molecule has 2 fully saturated rings. The molecular formula is C19H23BrN2O4S2. The van der Waals surface area contributed by atoms with E-state index in [0.717, 1.165) is 12.0 Å². The minimum absolute atomic E-state index is 0.0366. The summed E-state index contributed by atoms with van der Waals surface area (Å²) in [6.07, 6.45) is 2.97. The van der Waals surface area contributed by atoms with Gasteiger partial charge < -0.3 is 10.4 Å². The van der Waals surface area contributed by atoms with Crippen molar-refractivity contribution in [2.24, 2.45) is 11.8 Å². The maximum atomic E-state index is 12.4. The first kappa shape index (κ1) is 20.4. The van der Waals surface area contributed by atoms with Crippen molar-refractivity contribution in [1.82, 2.24) is 10.0 Å². The molecule has 4 rings (SSSR count). The molecule has 1 aromatic rings. The maximum Gasteiger partial charge on any atom is 0.240 e. The lowest BCUT2D eigenvalue weighted by atomic mass is 9.63. The van der Waals surface area contributed by atoms with E-state index in [2.05, 4.69) is 32.0 Å². The average Bonchev–Trinajstić information content (AvgIpc) is 3.18. The number of fused-ring (bicyclic) bond motifs is 3. The van der Waals surface area contributed by atoms with Gasteiger partial charge in [-0.15, -0.1) is 11.8 Å². The van der Waals surface area contributed by atoms with E-state index in [-0.39, 0.29) is 39.8 Å². The van der Waals surface area contributed by atoms with Gasteiger partial charge in [0.1, 0.15) is 0 Å². The molecule has 3 N–H and O–H groups in total. The number of rotatable bonds is 5. The molecule has 0 aromatic heterocycles. The second-order valence-corrected chi connectivity index (χ2v) is 11.1. The minimum Gasteiger partial charge on any atom is -0.392 e. The molecule has 0 radical (unpaired) electrons. The molecule has 2 aliphatic heterocycles. The van der Waals surface area contributed by atoms with Crippen LogP contribution in [0.25, 0.3) is 0 Å². The van der Waals surface area contributed by atoms with E-state index >= 15 is 0 Å². The van der Waals surface area contributed by atoms with Crippen molar-refractivity contribution in [3.63, 3.8) is 0 Å². The number of aliphatic hydroxyl groups excluding tert-OH is 1. The number of aliphatic hydroxyl groups is 1. The first-order chi connectivity index (χ1) is 13.4. The Bertz CT molecular complexity index is 874. The number of alkyl halides is 1. The maximum absolute atomic E-state index is 12.4. The van der Waals surface area contributed by atoms with Crippen LogP contribution in [0.15, 0.2) is 40.6 Å². The van der Waals surface area contributed by atoms with Gasteiger partial charge in [0.25, 0.3) is 0 Å². The number of sulfonamides is 1. The van der Waals surface area contributed by atoms with Crippen molar-refractivity contribution >= 4 is 43.6 Å². The van der Waals surface area contributed by atoms with Crippen LogP contribution in [0.4, 0.5) is 0 Å². The average molecular weight is 487 g/mol.